The number of primary amides is 1. The molecule has 0 aliphatic carbocycles. The fraction of sp³-hybridized carbons (Fsp3) is 0.125. The number of hydrogen-bond acceptors (Lipinski definition) is 3. The summed E-state index contributed by atoms with van der Waals surface area (Å²) >= 11 is 7.43. The topological polar surface area (TPSA) is 72.2 Å². The molecule has 4 nitrogen and oxygen atoms in total. The first-order valence-electron chi connectivity index (χ1n) is 6.54. The lowest BCUT2D eigenvalue weighted by Gasteiger charge is -2.08. The maximum absolute atomic E-state index is 12.0. The second-order valence-electron chi connectivity index (χ2n) is 4.71. The van der Waals surface area contributed by atoms with Crippen LogP contribution in [0.4, 0.5) is 5.69 Å². The van der Waals surface area contributed by atoms with Crippen molar-refractivity contribution < 1.29 is 9.59 Å². The first kappa shape index (κ1) is 16.4. The van der Waals surface area contributed by atoms with E-state index in [4.69, 9.17) is 17.3 Å². The summed E-state index contributed by atoms with van der Waals surface area (Å²) in [6.07, 6.45) is 0. The summed E-state index contributed by atoms with van der Waals surface area (Å²) in [5.74, 6) is -0.518. The minimum Gasteiger partial charge on any atom is -0.366 e. The normalized spacial score (nSPS) is 10.3. The monoisotopic (exact) mass is 334 g/mol. The van der Waals surface area contributed by atoms with Gasteiger partial charge in [-0.3, -0.25) is 9.59 Å². The number of thioether (sulfide) groups is 1. The second-order valence-corrected chi connectivity index (χ2v) is 6.16. The van der Waals surface area contributed by atoms with Crippen molar-refractivity contribution in [1.29, 1.82) is 0 Å². The molecule has 2 rings (SSSR count). The van der Waals surface area contributed by atoms with Gasteiger partial charge in [-0.05, 0) is 37.3 Å². The molecule has 0 bridgehead atoms. The molecule has 114 valence electrons. The van der Waals surface area contributed by atoms with Crippen LogP contribution in [0.15, 0.2) is 47.4 Å². The highest BCUT2D eigenvalue weighted by atomic mass is 35.5. The molecule has 22 heavy (non-hydrogen) atoms. The van der Waals surface area contributed by atoms with Crippen LogP contribution in [0.1, 0.15) is 15.9 Å². The van der Waals surface area contributed by atoms with E-state index in [2.05, 4.69) is 5.32 Å². The van der Waals surface area contributed by atoms with Gasteiger partial charge in [-0.2, -0.15) is 0 Å². The third kappa shape index (κ3) is 4.51. The Kier molecular flexibility index (Phi) is 5.46. The van der Waals surface area contributed by atoms with Gasteiger partial charge in [0.15, 0.2) is 0 Å². The van der Waals surface area contributed by atoms with Gasteiger partial charge in [0.2, 0.25) is 11.8 Å². The second kappa shape index (κ2) is 7.33. The van der Waals surface area contributed by atoms with Gasteiger partial charge < -0.3 is 11.1 Å². The molecule has 0 spiro atoms. The minimum atomic E-state index is -0.568. The van der Waals surface area contributed by atoms with Crippen molar-refractivity contribution in [2.24, 2.45) is 5.73 Å². The molecule has 0 fully saturated rings. The first-order valence-corrected chi connectivity index (χ1v) is 7.91. The van der Waals surface area contributed by atoms with Crippen molar-refractivity contribution in [1.82, 2.24) is 0 Å². The molecule has 2 aromatic rings. The van der Waals surface area contributed by atoms with E-state index in [0.717, 1.165) is 4.90 Å². The number of benzene rings is 2. The van der Waals surface area contributed by atoms with Gasteiger partial charge in [0.25, 0.3) is 0 Å². The number of carbonyl (C=O) groups excluding carboxylic acids is 2. The molecule has 0 saturated carbocycles. The molecular formula is C16H15ClN2O2S. The van der Waals surface area contributed by atoms with Gasteiger partial charge in [0.1, 0.15) is 0 Å². The van der Waals surface area contributed by atoms with Gasteiger partial charge in [-0.25, -0.2) is 0 Å². The highest BCUT2D eigenvalue weighted by molar-refractivity contribution is 8.00. The van der Waals surface area contributed by atoms with Crippen LogP contribution in [-0.4, -0.2) is 17.6 Å². The molecule has 0 aromatic heterocycles. The molecule has 2 aromatic carbocycles. The maximum Gasteiger partial charge on any atom is 0.248 e. The molecule has 0 atom stereocenters. The Morgan fingerprint density at radius 2 is 1.86 bits per heavy atom. The number of halogens is 1. The van der Waals surface area contributed by atoms with Gasteiger partial charge in [0.05, 0.1) is 16.5 Å². The van der Waals surface area contributed by atoms with Crippen molar-refractivity contribution in [3.8, 4) is 0 Å². The van der Waals surface area contributed by atoms with E-state index in [9.17, 15) is 9.59 Å². The van der Waals surface area contributed by atoms with Crippen LogP contribution < -0.4 is 11.1 Å². The number of anilines is 1. The number of rotatable bonds is 5. The first-order chi connectivity index (χ1) is 10.5. The van der Waals surface area contributed by atoms with Crippen LogP contribution in [0.3, 0.4) is 0 Å². The Morgan fingerprint density at radius 1 is 1.18 bits per heavy atom. The molecule has 0 radical (unpaired) electrons. The molecule has 0 aliphatic rings. The Hall–Kier alpha value is -1.98. The van der Waals surface area contributed by atoms with Gasteiger partial charge in [-0.1, -0.05) is 29.3 Å². The SMILES string of the molecule is Cc1ccc(SCC(=O)Nc2cc(C(N)=O)ccc2Cl)cc1. The van der Waals surface area contributed by atoms with E-state index in [0.29, 0.717) is 16.3 Å². The third-order valence-corrected chi connectivity index (χ3v) is 4.26. The van der Waals surface area contributed by atoms with Crippen LogP contribution in [0.2, 0.25) is 5.02 Å². The summed E-state index contributed by atoms with van der Waals surface area (Å²) < 4.78 is 0. The Morgan fingerprint density at radius 3 is 2.50 bits per heavy atom. The van der Waals surface area contributed by atoms with Gasteiger partial charge >= 0.3 is 0 Å². The lowest BCUT2D eigenvalue weighted by molar-refractivity contribution is -0.113. The summed E-state index contributed by atoms with van der Waals surface area (Å²) in [7, 11) is 0. The zero-order valence-corrected chi connectivity index (χ0v) is 13.5. The zero-order valence-electron chi connectivity index (χ0n) is 11.9. The molecular weight excluding hydrogens is 320 g/mol. The average molecular weight is 335 g/mol. The molecule has 0 heterocycles. The smallest absolute Gasteiger partial charge is 0.248 e. The zero-order chi connectivity index (χ0) is 16.1. The Bertz CT molecular complexity index is 702. The van der Waals surface area contributed by atoms with E-state index < -0.39 is 5.91 Å². The summed E-state index contributed by atoms with van der Waals surface area (Å²) in [6.45, 7) is 2.01. The van der Waals surface area contributed by atoms with E-state index in [1.807, 2.05) is 31.2 Å². The van der Waals surface area contributed by atoms with Gasteiger partial charge in [-0.15, -0.1) is 11.8 Å². The van der Waals surface area contributed by atoms with Crippen molar-refractivity contribution in [3.05, 3.63) is 58.6 Å². The largest absolute Gasteiger partial charge is 0.366 e. The highest BCUT2D eigenvalue weighted by Gasteiger charge is 2.09. The van der Waals surface area contributed by atoms with E-state index in [1.165, 1.54) is 35.5 Å². The van der Waals surface area contributed by atoms with Crippen LogP contribution in [0, 0.1) is 6.92 Å². The molecule has 0 saturated heterocycles. The number of nitrogens with one attached hydrogen (secondary N) is 1. The van der Waals surface area contributed by atoms with E-state index in [1.54, 1.807) is 0 Å². The standard InChI is InChI=1S/C16H15ClN2O2S/c1-10-2-5-12(6-3-10)22-9-15(20)19-14-8-11(16(18)21)4-7-13(14)17/h2-8H,9H2,1H3,(H2,18,21)(H,19,20). The highest BCUT2D eigenvalue weighted by Crippen LogP contribution is 2.24. The third-order valence-electron chi connectivity index (χ3n) is 2.92. The predicted octanol–water partition coefficient (Wildman–Crippen LogP) is 3.48. The summed E-state index contributed by atoms with van der Waals surface area (Å²) in [6, 6.07) is 12.4. The Balaban J connectivity index is 1.98. The predicted molar refractivity (Wildman–Crippen MR) is 90.5 cm³/mol. The minimum absolute atomic E-state index is 0.200. The fourth-order valence-corrected chi connectivity index (χ4v) is 2.61. The Labute approximate surface area is 138 Å². The van der Waals surface area contributed by atoms with Crippen LogP contribution >= 0.6 is 23.4 Å². The van der Waals surface area contributed by atoms with Crippen LogP contribution in [0.5, 0.6) is 0 Å². The summed E-state index contributed by atoms with van der Waals surface area (Å²) in [5, 5.41) is 3.05. The molecule has 3 N–H and O–H groups in total. The summed E-state index contributed by atoms with van der Waals surface area (Å²) in [5.41, 5.74) is 7.06. The van der Waals surface area contributed by atoms with E-state index >= 15 is 0 Å². The quantitative estimate of drug-likeness (QED) is 0.822. The fourth-order valence-electron chi connectivity index (χ4n) is 1.74. The van der Waals surface area contributed by atoms with Crippen molar-refractivity contribution in [2.75, 3.05) is 11.1 Å². The molecule has 2 amide bonds. The average Bonchev–Trinajstić information content (AvgIpc) is 2.48. The van der Waals surface area contributed by atoms with Crippen molar-refractivity contribution in [3.63, 3.8) is 0 Å². The van der Waals surface area contributed by atoms with Crippen LogP contribution in [-0.2, 0) is 4.79 Å². The maximum atomic E-state index is 12.0. The lowest BCUT2D eigenvalue weighted by atomic mass is 10.2. The molecule has 0 aliphatic heterocycles. The number of nitrogens with two attached hydrogens (primary N) is 1. The number of carbonyl (C=O) groups is 2. The van der Waals surface area contributed by atoms with E-state index in [-0.39, 0.29) is 11.7 Å². The van der Waals surface area contributed by atoms with Crippen LogP contribution in [0.25, 0.3) is 0 Å². The number of aryl methyl sites for hydroxylation is 1. The molecule has 0 unspecified atom stereocenters. The lowest BCUT2D eigenvalue weighted by Crippen LogP contribution is -2.16. The molecule has 6 heteroatoms. The summed E-state index contributed by atoms with van der Waals surface area (Å²) in [4.78, 5) is 24.1. The van der Waals surface area contributed by atoms with Crippen molar-refractivity contribution >= 4 is 40.9 Å². The number of amides is 2. The van der Waals surface area contributed by atoms with Crippen molar-refractivity contribution in [2.45, 2.75) is 11.8 Å². The number of hydrogen-bond donors (Lipinski definition) is 2. The van der Waals surface area contributed by atoms with Gasteiger partial charge in [0, 0.05) is 10.5 Å².